The number of piperidine rings is 1. The molecule has 1 saturated heterocycles. The van der Waals surface area contributed by atoms with E-state index in [4.69, 9.17) is 4.74 Å². The van der Waals surface area contributed by atoms with Crippen molar-refractivity contribution < 1.29 is 22.3 Å². The van der Waals surface area contributed by atoms with E-state index in [9.17, 15) is 17.6 Å². The van der Waals surface area contributed by atoms with Crippen LogP contribution in [0.3, 0.4) is 0 Å². The van der Waals surface area contributed by atoms with Gasteiger partial charge >= 0.3 is 0 Å². The van der Waals surface area contributed by atoms with Gasteiger partial charge in [-0.25, -0.2) is 12.8 Å². The molecule has 8 heteroatoms. The molecular weight excluding hydrogens is 371 g/mol. The van der Waals surface area contributed by atoms with Gasteiger partial charge < -0.3 is 10.1 Å². The fourth-order valence-electron chi connectivity index (χ4n) is 2.87. The standard InChI is InChI=1S/C19H21FN2O4S/c20-15-5-4-6-17(13-15)26-14-19(23)21-16-7-9-18(10-8-16)27(24,25)22-11-2-1-3-12-22/h4-10,13H,1-3,11-12,14H2,(H,21,23). The van der Waals surface area contributed by atoms with Gasteiger partial charge in [-0.15, -0.1) is 0 Å². The van der Waals surface area contributed by atoms with Crippen LogP contribution in [0.2, 0.25) is 0 Å². The number of benzene rings is 2. The molecule has 0 saturated carbocycles. The van der Waals surface area contributed by atoms with Crippen LogP contribution in [-0.2, 0) is 14.8 Å². The number of nitrogens with zero attached hydrogens (tertiary/aromatic N) is 1. The molecule has 1 fully saturated rings. The molecule has 1 aliphatic heterocycles. The average Bonchev–Trinajstić information content (AvgIpc) is 2.68. The first-order chi connectivity index (χ1) is 12.9. The summed E-state index contributed by atoms with van der Waals surface area (Å²) in [5.41, 5.74) is 0.459. The average molecular weight is 392 g/mol. The SMILES string of the molecule is O=C(COc1cccc(F)c1)Nc1ccc(S(=O)(=O)N2CCCCC2)cc1. The first-order valence-electron chi connectivity index (χ1n) is 8.73. The molecule has 0 aromatic heterocycles. The number of hydrogen-bond donors (Lipinski definition) is 1. The van der Waals surface area contributed by atoms with Crippen molar-refractivity contribution in [2.75, 3.05) is 25.0 Å². The molecule has 2 aromatic carbocycles. The van der Waals surface area contributed by atoms with Crippen molar-refractivity contribution in [1.29, 1.82) is 0 Å². The van der Waals surface area contributed by atoms with E-state index in [1.54, 1.807) is 6.07 Å². The van der Waals surface area contributed by atoms with Crippen molar-refractivity contribution in [3.63, 3.8) is 0 Å². The van der Waals surface area contributed by atoms with Crippen molar-refractivity contribution >= 4 is 21.6 Å². The van der Waals surface area contributed by atoms with E-state index in [1.165, 1.54) is 46.8 Å². The number of halogens is 1. The molecule has 27 heavy (non-hydrogen) atoms. The maximum Gasteiger partial charge on any atom is 0.262 e. The maximum absolute atomic E-state index is 13.1. The van der Waals surface area contributed by atoms with Gasteiger partial charge in [0.2, 0.25) is 10.0 Å². The van der Waals surface area contributed by atoms with Crippen LogP contribution in [0, 0.1) is 5.82 Å². The van der Waals surface area contributed by atoms with E-state index in [-0.39, 0.29) is 17.3 Å². The first-order valence-corrected chi connectivity index (χ1v) is 10.2. The molecule has 1 heterocycles. The van der Waals surface area contributed by atoms with E-state index in [0.717, 1.165) is 19.3 Å². The minimum absolute atomic E-state index is 0.207. The van der Waals surface area contributed by atoms with Gasteiger partial charge in [0.15, 0.2) is 6.61 Å². The molecule has 2 aromatic rings. The number of carbonyl (C=O) groups is 1. The highest BCUT2D eigenvalue weighted by Gasteiger charge is 2.25. The van der Waals surface area contributed by atoms with E-state index >= 15 is 0 Å². The zero-order valence-corrected chi connectivity index (χ0v) is 15.5. The monoisotopic (exact) mass is 392 g/mol. The third kappa shape index (κ3) is 5.05. The Bertz CT molecular complexity index is 894. The smallest absolute Gasteiger partial charge is 0.262 e. The van der Waals surface area contributed by atoms with Crippen LogP contribution in [0.4, 0.5) is 10.1 Å². The minimum Gasteiger partial charge on any atom is -0.484 e. The van der Waals surface area contributed by atoms with Crippen LogP contribution in [0.5, 0.6) is 5.75 Å². The number of sulfonamides is 1. The number of rotatable bonds is 6. The molecule has 144 valence electrons. The van der Waals surface area contributed by atoms with Crippen LogP contribution >= 0.6 is 0 Å². The van der Waals surface area contributed by atoms with Crippen molar-refractivity contribution in [1.82, 2.24) is 4.31 Å². The van der Waals surface area contributed by atoms with Crippen molar-refractivity contribution in [3.8, 4) is 5.75 Å². The van der Waals surface area contributed by atoms with E-state index in [1.807, 2.05) is 0 Å². The molecule has 3 rings (SSSR count). The molecular formula is C19H21FN2O4S. The summed E-state index contributed by atoms with van der Waals surface area (Å²) in [6.07, 6.45) is 2.80. The summed E-state index contributed by atoms with van der Waals surface area (Å²) in [5.74, 6) is -0.613. The molecule has 1 amide bonds. The highest BCUT2D eigenvalue weighted by molar-refractivity contribution is 7.89. The third-order valence-corrected chi connectivity index (χ3v) is 6.17. The molecule has 0 atom stereocenters. The highest BCUT2D eigenvalue weighted by Crippen LogP contribution is 2.22. The van der Waals surface area contributed by atoms with Gasteiger partial charge in [-0.3, -0.25) is 4.79 Å². The number of hydrogen-bond acceptors (Lipinski definition) is 4. The Morgan fingerprint density at radius 2 is 1.78 bits per heavy atom. The fourth-order valence-corrected chi connectivity index (χ4v) is 4.38. The lowest BCUT2D eigenvalue weighted by Crippen LogP contribution is -2.35. The Morgan fingerprint density at radius 1 is 1.07 bits per heavy atom. The summed E-state index contributed by atoms with van der Waals surface area (Å²) < 4.78 is 45.0. The molecule has 1 N–H and O–H groups in total. The lowest BCUT2D eigenvalue weighted by Gasteiger charge is -2.25. The predicted molar refractivity (Wildman–Crippen MR) is 99.6 cm³/mol. The predicted octanol–water partition coefficient (Wildman–Crippen LogP) is 3.02. The van der Waals surface area contributed by atoms with Crippen molar-refractivity contribution in [3.05, 3.63) is 54.3 Å². The van der Waals surface area contributed by atoms with Gasteiger partial charge in [0.25, 0.3) is 5.91 Å². The normalized spacial score (nSPS) is 15.3. The minimum atomic E-state index is -3.50. The lowest BCUT2D eigenvalue weighted by molar-refractivity contribution is -0.118. The van der Waals surface area contributed by atoms with Crippen LogP contribution in [-0.4, -0.2) is 38.3 Å². The quantitative estimate of drug-likeness (QED) is 0.820. The number of amides is 1. The second kappa shape index (κ2) is 8.49. The topological polar surface area (TPSA) is 75.7 Å². The van der Waals surface area contributed by atoms with Gasteiger partial charge in [0.05, 0.1) is 4.90 Å². The number of carbonyl (C=O) groups excluding carboxylic acids is 1. The van der Waals surface area contributed by atoms with Crippen LogP contribution in [0.25, 0.3) is 0 Å². The lowest BCUT2D eigenvalue weighted by atomic mass is 10.2. The molecule has 0 radical (unpaired) electrons. The maximum atomic E-state index is 13.1. The Morgan fingerprint density at radius 3 is 2.44 bits per heavy atom. The summed E-state index contributed by atoms with van der Waals surface area (Å²) in [7, 11) is -3.50. The molecule has 0 aliphatic carbocycles. The Balaban J connectivity index is 1.57. The van der Waals surface area contributed by atoms with E-state index < -0.39 is 21.7 Å². The summed E-state index contributed by atoms with van der Waals surface area (Å²) in [4.78, 5) is 12.2. The van der Waals surface area contributed by atoms with Gasteiger partial charge in [0.1, 0.15) is 11.6 Å². The first kappa shape index (κ1) is 19.3. The third-order valence-electron chi connectivity index (χ3n) is 4.26. The van der Waals surface area contributed by atoms with Gasteiger partial charge in [0, 0.05) is 24.8 Å². The second-order valence-electron chi connectivity index (χ2n) is 6.28. The van der Waals surface area contributed by atoms with Crippen molar-refractivity contribution in [2.45, 2.75) is 24.2 Å². The van der Waals surface area contributed by atoms with Gasteiger partial charge in [-0.05, 0) is 49.2 Å². The summed E-state index contributed by atoms with van der Waals surface area (Å²) in [6, 6.07) is 11.6. The molecule has 0 bridgehead atoms. The molecule has 0 spiro atoms. The van der Waals surface area contributed by atoms with E-state index in [0.29, 0.717) is 18.8 Å². The van der Waals surface area contributed by atoms with E-state index in [2.05, 4.69) is 5.32 Å². The molecule has 6 nitrogen and oxygen atoms in total. The Labute approximate surface area is 158 Å². The summed E-state index contributed by atoms with van der Waals surface area (Å²) >= 11 is 0. The zero-order chi connectivity index (χ0) is 19.3. The largest absolute Gasteiger partial charge is 0.484 e. The second-order valence-corrected chi connectivity index (χ2v) is 8.22. The summed E-state index contributed by atoms with van der Waals surface area (Å²) in [5, 5.41) is 2.62. The van der Waals surface area contributed by atoms with Crippen LogP contribution in [0.1, 0.15) is 19.3 Å². The van der Waals surface area contributed by atoms with Crippen LogP contribution < -0.4 is 10.1 Å². The van der Waals surface area contributed by atoms with Crippen LogP contribution in [0.15, 0.2) is 53.4 Å². The molecule has 0 unspecified atom stereocenters. The number of nitrogens with one attached hydrogen (secondary N) is 1. The zero-order valence-electron chi connectivity index (χ0n) is 14.7. The van der Waals surface area contributed by atoms with Gasteiger partial charge in [-0.1, -0.05) is 12.5 Å². The number of ether oxygens (including phenoxy) is 1. The Kier molecular flexibility index (Phi) is 6.08. The van der Waals surface area contributed by atoms with Crippen molar-refractivity contribution in [2.24, 2.45) is 0 Å². The number of anilines is 1. The fraction of sp³-hybridized carbons (Fsp3) is 0.316. The van der Waals surface area contributed by atoms with Gasteiger partial charge in [-0.2, -0.15) is 4.31 Å². The Hall–Kier alpha value is -2.45. The molecule has 1 aliphatic rings. The highest BCUT2D eigenvalue weighted by atomic mass is 32.2. The summed E-state index contributed by atoms with van der Waals surface area (Å²) in [6.45, 7) is 0.799.